The Morgan fingerprint density at radius 3 is 2.63 bits per heavy atom. The first kappa shape index (κ1) is 15.5. The molecule has 3 N–H and O–H groups in total. The van der Waals surface area contributed by atoms with E-state index in [0.717, 1.165) is 12.2 Å². The lowest BCUT2D eigenvalue weighted by Gasteiger charge is -2.14. The molecule has 0 radical (unpaired) electrons. The predicted molar refractivity (Wildman–Crippen MR) is 80.4 cm³/mol. The highest BCUT2D eigenvalue weighted by Crippen LogP contribution is 2.17. The third-order valence-corrected chi connectivity index (χ3v) is 2.83. The molecule has 0 heterocycles. The van der Waals surface area contributed by atoms with Crippen LogP contribution < -0.4 is 16.0 Å². The van der Waals surface area contributed by atoms with Crippen LogP contribution in [-0.2, 0) is 0 Å². The Labute approximate surface area is 116 Å². The van der Waals surface area contributed by atoms with E-state index in [0.29, 0.717) is 12.5 Å². The van der Waals surface area contributed by atoms with Gasteiger partial charge in [0.25, 0.3) is 0 Å². The van der Waals surface area contributed by atoms with E-state index < -0.39 is 0 Å². The van der Waals surface area contributed by atoms with Gasteiger partial charge in [0.05, 0.1) is 0 Å². The molecule has 1 atom stereocenters. The van der Waals surface area contributed by atoms with Crippen molar-refractivity contribution in [1.29, 1.82) is 0 Å². The van der Waals surface area contributed by atoms with Crippen LogP contribution in [0.1, 0.15) is 39.3 Å². The molecule has 0 saturated heterocycles. The van der Waals surface area contributed by atoms with Gasteiger partial charge in [-0.15, -0.1) is 0 Å². The van der Waals surface area contributed by atoms with Gasteiger partial charge in [-0.05, 0) is 37.1 Å². The second-order valence-corrected chi connectivity index (χ2v) is 5.13. The van der Waals surface area contributed by atoms with Crippen molar-refractivity contribution in [2.75, 3.05) is 18.4 Å². The van der Waals surface area contributed by atoms with Crippen molar-refractivity contribution < 1.29 is 4.79 Å². The van der Waals surface area contributed by atoms with Gasteiger partial charge in [0.1, 0.15) is 0 Å². The average molecular weight is 263 g/mol. The molecule has 0 aliphatic rings. The van der Waals surface area contributed by atoms with Gasteiger partial charge < -0.3 is 16.0 Å². The fraction of sp³-hybridized carbons (Fsp3) is 0.533. The SMILES string of the molecule is CCNC(C)c1cccc(NC(=O)NCC(C)C)c1. The molecule has 0 aliphatic heterocycles. The van der Waals surface area contributed by atoms with Crippen LogP contribution in [0.2, 0.25) is 0 Å². The number of benzene rings is 1. The van der Waals surface area contributed by atoms with Crippen LogP contribution in [0.15, 0.2) is 24.3 Å². The topological polar surface area (TPSA) is 53.2 Å². The number of carbonyl (C=O) groups is 1. The summed E-state index contributed by atoms with van der Waals surface area (Å²) >= 11 is 0. The summed E-state index contributed by atoms with van der Waals surface area (Å²) in [5.74, 6) is 0.450. The van der Waals surface area contributed by atoms with Crippen LogP contribution in [0.5, 0.6) is 0 Å². The lowest BCUT2D eigenvalue weighted by Crippen LogP contribution is -2.31. The number of rotatable bonds is 6. The normalized spacial score (nSPS) is 12.3. The second kappa shape index (κ2) is 7.79. The van der Waals surface area contributed by atoms with Gasteiger partial charge in [-0.2, -0.15) is 0 Å². The fourth-order valence-corrected chi connectivity index (χ4v) is 1.78. The van der Waals surface area contributed by atoms with Crippen molar-refractivity contribution in [3.63, 3.8) is 0 Å². The van der Waals surface area contributed by atoms with Crippen molar-refractivity contribution >= 4 is 11.7 Å². The van der Waals surface area contributed by atoms with Crippen LogP contribution in [0.3, 0.4) is 0 Å². The molecule has 0 aromatic heterocycles. The Morgan fingerprint density at radius 2 is 2.00 bits per heavy atom. The molecule has 4 nitrogen and oxygen atoms in total. The maximum atomic E-state index is 11.7. The number of hydrogen-bond acceptors (Lipinski definition) is 2. The molecule has 0 saturated carbocycles. The Bertz CT molecular complexity index is 404. The van der Waals surface area contributed by atoms with Gasteiger partial charge in [-0.1, -0.05) is 32.9 Å². The van der Waals surface area contributed by atoms with Crippen LogP contribution >= 0.6 is 0 Å². The molecule has 19 heavy (non-hydrogen) atoms. The van der Waals surface area contributed by atoms with Crippen molar-refractivity contribution in [1.82, 2.24) is 10.6 Å². The maximum Gasteiger partial charge on any atom is 0.319 e. The highest BCUT2D eigenvalue weighted by Gasteiger charge is 2.06. The number of urea groups is 1. The third-order valence-electron chi connectivity index (χ3n) is 2.83. The molecule has 0 aliphatic carbocycles. The van der Waals surface area contributed by atoms with Gasteiger partial charge in [0.15, 0.2) is 0 Å². The Hall–Kier alpha value is -1.55. The minimum Gasteiger partial charge on any atom is -0.338 e. The summed E-state index contributed by atoms with van der Waals surface area (Å²) in [5.41, 5.74) is 1.99. The standard InChI is InChI=1S/C15H25N3O/c1-5-16-12(4)13-7-6-8-14(9-13)18-15(19)17-10-11(2)3/h6-9,11-12,16H,5,10H2,1-4H3,(H2,17,18,19). The fourth-order valence-electron chi connectivity index (χ4n) is 1.78. The van der Waals surface area contributed by atoms with Gasteiger partial charge in [0, 0.05) is 18.3 Å². The summed E-state index contributed by atoms with van der Waals surface area (Å²) in [6, 6.07) is 8.05. The highest BCUT2D eigenvalue weighted by molar-refractivity contribution is 5.89. The zero-order valence-electron chi connectivity index (χ0n) is 12.3. The van der Waals surface area contributed by atoms with Crippen LogP contribution in [-0.4, -0.2) is 19.1 Å². The van der Waals surface area contributed by atoms with E-state index in [1.165, 1.54) is 5.56 Å². The van der Waals surface area contributed by atoms with Crippen molar-refractivity contribution in [3.8, 4) is 0 Å². The van der Waals surface area contributed by atoms with Gasteiger partial charge in [-0.3, -0.25) is 0 Å². The molecule has 0 spiro atoms. The summed E-state index contributed by atoms with van der Waals surface area (Å²) < 4.78 is 0. The van der Waals surface area contributed by atoms with Crippen molar-refractivity contribution in [2.45, 2.75) is 33.7 Å². The highest BCUT2D eigenvalue weighted by atomic mass is 16.2. The Balaban J connectivity index is 2.59. The average Bonchev–Trinajstić information content (AvgIpc) is 2.37. The van der Waals surface area contributed by atoms with Gasteiger partial charge in [-0.25, -0.2) is 4.79 Å². The number of nitrogens with one attached hydrogen (secondary N) is 3. The van der Waals surface area contributed by atoms with Crippen molar-refractivity contribution in [3.05, 3.63) is 29.8 Å². The maximum absolute atomic E-state index is 11.7. The zero-order chi connectivity index (χ0) is 14.3. The van der Waals surface area contributed by atoms with Gasteiger partial charge >= 0.3 is 6.03 Å². The first-order valence-electron chi connectivity index (χ1n) is 6.91. The van der Waals surface area contributed by atoms with E-state index in [2.05, 4.69) is 49.7 Å². The molecule has 2 amide bonds. The molecule has 1 rings (SSSR count). The zero-order valence-corrected chi connectivity index (χ0v) is 12.3. The summed E-state index contributed by atoms with van der Waals surface area (Å²) in [5, 5.41) is 9.05. The third kappa shape index (κ3) is 5.75. The molecular formula is C15H25N3O. The van der Waals surface area contributed by atoms with Crippen LogP contribution in [0.4, 0.5) is 10.5 Å². The van der Waals surface area contributed by atoms with E-state index in [1.54, 1.807) is 0 Å². The Kier molecular flexibility index (Phi) is 6.36. The van der Waals surface area contributed by atoms with E-state index in [1.807, 2.05) is 18.2 Å². The predicted octanol–water partition coefficient (Wildman–Crippen LogP) is 3.13. The molecule has 0 bridgehead atoms. The molecule has 4 heteroatoms. The number of anilines is 1. The molecule has 0 fully saturated rings. The first-order valence-corrected chi connectivity index (χ1v) is 6.91. The summed E-state index contributed by atoms with van der Waals surface area (Å²) in [4.78, 5) is 11.7. The Morgan fingerprint density at radius 1 is 1.26 bits per heavy atom. The lowest BCUT2D eigenvalue weighted by atomic mass is 10.1. The van der Waals surface area contributed by atoms with E-state index >= 15 is 0 Å². The minimum absolute atomic E-state index is 0.151. The summed E-state index contributed by atoms with van der Waals surface area (Å²) in [6.07, 6.45) is 0. The number of carbonyl (C=O) groups excluding carboxylic acids is 1. The smallest absolute Gasteiger partial charge is 0.319 e. The molecule has 1 aromatic carbocycles. The summed E-state index contributed by atoms with van der Waals surface area (Å²) in [6.45, 7) is 9.93. The largest absolute Gasteiger partial charge is 0.338 e. The van der Waals surface area contributed by atoms with E-state index in [9.17, 15) is 4.79 Å². The molecule has 106 valence electrons. The van der Waals surface area contributed by atoms with Crippen LogP contribution in [0.25, 0.3) is 0 Å². The summed E-state index contributed by atoms with van der Waals surface area (Å²) in [7, 11) is 0. The molecular weight excluding hydrogens is 238 g/mol. The van der Waals surface area contributed by atoms with Gasteiger partial charge in [0.2, 0.25) is 0 Å². The molecule has 1 aromatic rings. The van der Waals surface area contributed by atoms with Crippen molar-refractivity contribution in [2.24, 2.45) is 5.92 Å². The monoisotopic (exact) mass is 263 g/mol. The quantitative estimate of drug-likeness (QED) is 0.738. The first-order chi connectivity index (χ1) is 9.02. The van der Waals surface area contributed by atoms with E-state index in [-0.39, 0.29) is 12.1 Å². The molecule has 1 unspecified atom stereocenters. The minimum atomic E-state index is -0.151. The second-order valence-electron chi connectivity index (χ2n) is 5.13. The lowest BCUT2D eigenvalue weighted by molar-refractivity contribution is 0.251. The van der Waals surface area contributed by atoms with Crippen LogP contribution in [0, 0.1) is 5.92 Å². The number of hydrogen-bond donors (Lipinski definition) is 3. The van der Waals surface area contributed by atoms with E-state index in [4.69, 9.17) is 0 Å². The number of amides is 2.